The van der Waals surface area contributed by atoms with Crippen molar-refractivity contribution >= 4 is 17.5 Å². The molecule has 0 aliphatic heterocycles. The van der Waals surface area contributed by atoms with Crippen LogP contribution in [0.1, 0.15) is 85.3 Å². The molecule has 3 aliphatic carbocycles. The lowest BCUT2D eigenvalue weighted by atomic mass is 9.65. The molecule has 1 fully saturated rings. The van der Waals surface area contributed by atoms with Crippen molar-refractivity contribution in [2.75, 3.05) is 5.75 Å². The number of aliphatic hydroxyl groups is 2. The Bertz CT molecular complexity index is 1640. The highest BCUT2D eigenvalue weighted by atomic mass is 32.2. The molecular formula is C37H41N3O3S. The zero-order chi connectivity index (χ0) is 30.7. The average molecular weight is 608 g/mol. The molecule has 0 amide bonds. The highest BCUT2D eigenvalue weighted by Crippen LogP contribution is 2.59. The number of carbonyl (C=O) groups excluding carboxylic acids is 1. The molecule has 4 atom stereocenters. The van der Waals surface area contributed by atoms with E-state index in [-0.39, 0.29) is 11.7 Å². The van der Waals surface area contributed by atoms with Crippen LogP contribution in [-0.2, 0) is 6.42 Å². The van der Waals surface area contributed by atoms with Crippen molar-refractivity contribution in [3.8, 4) is 11.1 Å². The van der Waals surface area contributed by atoms with Crippen LogP contribution in [0.3, 0.4) is 0 Å². The molecule has 2 bridgehead atoms. The summed E-state index contributed by atoms with van der Waals surface area (Å²) in [7, 11) is 0. The monoisotopic (exact) mass is 607 g/mol. The van der Waals surface area contributed by atoms with Crippen LogP contribution in [0, 0.1) is 5.41 Å². The molecule has 3 aliphatic rings. The number of aliphatic hydroxyl groups excluding tert-OH is 1. The van der Waals surface area contributed by atoms with Crippen molar-refractivity contribution in [2.45, 2.75) is 81.6 Å². The van der Waals surface area contributed by atoms with Crippen LogP contribution in [0.2, 0.25) is 0 Å². The van der Waals surface area contributed by atoms with Gasteiger partial charge >= 0.3 is 0 Å². The van der Waals surface area contributed by atoms with Gasteiger partial charge in [-0.3, -0.25) is 9.89 Å². The van der Waals surface area contributed by atoms with E-state index < -0.39 is 17.1 Å². The summed E-state index contributed by atoms with van der Waals surface area (Å²) >= 11 is 1.50. The standard InChI is InChI=1S/C37H41N3O3S/c1-25-9-8-19-36(2)33(18-20-37(36,43)23-44-35-38-24-39-40-35)30-17-15-26(21-28(41)16-14-25)22-32(30)34(42)31-13-7-6-12-29(31)27-10-4-3-5-11-27/h3-7,9-13,15,17,22,24,28,33,41,43H,8,14,16,18-21,23H2,1-2H3,(H,38,39,40). The van der Waals surface area contributed by atoms with Gasteiger partial charge in [-0.25, -0.2) is 4.98 Å². The third-order valence-electron chi connectivity index (χ3n) is 10.0. The maximum absolute atomic E-state index is 14.7. The van der Waals surface area contributed by atoms with Crippen molar-refractivity contribution in [3.05, 3.63) is 113 Å². The summed E-state index contributed by atoms with van der Waals surface area (Å²) in [5.41, 5.74) is 4.98. The number of allylic oxidation sites excluding steroid dienone is 2. The van der Waals surface area contributed by atoms with Crippen molar-refractivity contribution in [3.63, 3.8) is 0 Å². The fraction of sp³-hybridized carbons (Fsp3) is 0.378. The second-order valence-corrected chi connectivity index (χ2v) is 13.7. The van der Waals surface area contributed by atoms with E-state index >= 15 is 0 Å². The molecule has 0 radical (unpaired) electrons. The van der Waals surface area contributed by atoms with E-state index in [1.807, 2.05) is 60.7 Å². The minimum Gasteiger partial charge on any atom is -0.393 e. The molecule has 6 nitrogen and oxygen atoms in total. The zero-order valence-corrected chi connectivity index (χ0v) is 26.3. The van der Waals surface area contributed by atoms with Gasteiger partial charge in [-0.2, -0.15) is 5.10 Å². The molecule has 44 heavy (non-hydrogen) atoms. The Labute approximate surface area is 264 Å². The van der Waals surface area contributed by atoms with Crippen LogP contribution < -0.4 is 0 Å². The first-order chi connectivity index (χ1) is 21.3. The van der Waals surface area contributed by atoms with Crippen LogP contribution in [-0.4, -0.2) is 48.6 Å². The molecule has 4 aromatic rings. The number of hydrogen-bond acceptors (Lipinski definition) is 6. The first kappa shape index (κ1) is 30.5. The quantitative estimate of drug-likeness (QED) is 0.119. The van der Waals surface area contributed by atoms with Crippen molar-refractivity contribution in [2.24, 2.45) is 5.41 Å². The second-order valence-electron chi connectivity index (χ2n) is 12.8. The maximum atomic E-state index is 14.7. The summed E-state index contributed by atoms with van der Waals surface area (Å²) in [5.74, 6) is 0.441. The summed E-state index contributed by atoms with van der Waals surface area (Å²) < 4.78 is 0. The van der Waals surface area contributed by atoms with Gasteiger partial charge in [-0.1, -0.05) is 97.1 Å². The molecule has 0 saturated heterocycles. The number of carbonyl (C=O) groups is 1. The molecule has 1 heterocycles. The zero-order valence-electron chi connectivity index (χ0n) is 25.5. The second kappa shape index (κ2) is 12.8. The number of hydrogen-bond donors (Lipinski definition) is 3. The van der Waals surface area contributed by atoms with Crippen LogP contribution in [0.4, 0.5) is 0 Å². The van der Waals surface area contributed by atoms with Gasteiger partial charge in [-0.15, -0.1) is 0 Å². The number of rotatable bonds is 6. The number of thioether (sulfide) groups is 1. The number of aromatic nitrogens is 3. The minimum absolute atomic E-state index is 0.0209. The normalized spacial score (nSPS) is 25.7. The Kier molecular flexibility index (Phi) is 8.90. The van der Waals surface area contributed by atoms with Crippen molar-refractivity contribution in [1.29, 1.82) is 0 Å². The molecule has 1 saturated carbocycles. The highest BCUT2D eigenvalue weighted by Gasteiger charge is 2.56. The van der Waals surface area contributed by atoms with Gasteiger partial charge in [0.25, 0.3) is 0 Å². The van der Waals surface area contributed by atoms with Crippen molar-refractivity contribution < 1.29 is 15.0 Å². The molecule has 3 aromatic carbocycles. The first-order valence-electron chi connectivity index (χ1n) is 15.6. The lowest BCUT2D eigenvalue weighted by molar-refractivity contribution is -0.0422. The summed E-state index contributed by atoms with van der Waals surface area (Å²) in [6.07, 6.45) is 8.27. The maximum Gasteiger partial charge on any atom is 0.193 e. The van der Waals surface area contributed by atoms with Gasteiger partial charge in [-0.05, 0) is 86.1 Å². The molecule has 1 aromatic heterocycles. The van der Waals surface area contributed by atoms with E-state index in [1.54, 1.807) is 0 Å². The van der Waals surface area contributed by atoms with Gasteiger partial charge in [0.15, 0.2) is 10.9 Å². The van der Waals surface area contributed by atoms with Gasteiger partial charge in [0.2, 0.25) is 0 Å². The molecule has 7 rings (SSSR count). The van der Waals surface area contributed by atoms with Crippen LogP contribution in [0.25, 0.3) is 11.1 Å². The topological polar surface area (TPSA) is 99.1 Å². The van der Waals surface area contributed by atoms with E-state index in [0.717, 1.165) is 47.9 Å². The highest BCUT2D eigenvalue weighted by molar-refractivity contribution is 7.99. The average Bonchev–Trinajstić information content (AvgIpc) is 3.65. The summed E-state index contributed by atoms with van der Waals surface area (Å²) in [4.78, 5) is 19.0. The summed E-state index contributed by atoms with van der Waals surface area (Å²) in [6.45, 7) is 4.35. The molecule has 228 valence electrons. The summed E-state index contributed by atoms with van der Waals surface area (Å²) in [6, 6.07) is 24.1. The van der Waals surface area contributed by atoms with E-state index in [9.17, 15) is 15.0 Å². The molecule has 7 heteroatoms. The minimum atomic E-state index is -0.967. The SMILES string of the molecule is CC1=CCCC2(C)C(CCC2(O)CSc2ncn[nH]2)c2ccc(cc2C(=O)c2ccccc2-c2ccccc2)CC(O)CC1. The number of nitrogens with zero attached hydrogens (tertiary/aromatic N) is 2. The fourth-order valence-electron chi connectivity index (χ4n) is 7.32. The number of fused-ring (bicyclic) bond motifs is 8. The van der Waals surface area contributed by atoms with Gasteiger partial charge in [0.1, 0.15) is 6.33 Å². The van der Waals surface area contributed by atoms with Gasteiger partial charge < -0.3 is 10.2 Å². The third-order valence-corrected chi connectivity index (χ3v) is 11.1. The third kappa shape index (κ3) is 6.06. The first-order valence-corrected chi connectivity index (χ1v) is 16.6. The Balaban J connectivity index is 1.46. The van der Waals surface area contributed by atoms with E-state index in [4.69, 9.17) is 0 Å². The van der Waals surface area contributed by atoms with Crippen LogP contribution in [0.5, 0.6) is 0 Å². The Hall–Kier alpha value is -3.52. The van der Waals surface area contributed by atoms with Crippen molar-refractivity contribution in [1.82, 2.24) is 15.2 Å². The Morgan fingerprint density at radius 1 is 1.02 bits per heavy atom. The number of aromatic amines is 1. The molecule has 0 spiro atoms. The molecular weight excluding hydrogens is 566 g/mol. The number of H-pyrrole nitrogens is 1. The fourth-order valence-corrected chi connectivity index (χ4v) is 8.41. The smallest absolute Gasteiger partial charge is 0.193 e. The largest absolute Gasteiger partial charge is 0.393 e. The van der Waals surface area contributed by atoms with Gasteiger partial charge in [0, 0.05) is 22.3 Å². The number of benzene rings is 3. The lowest BCUT2D eigenvalue weighted by Crippen LogP contribution is -2.46. The number of nitrogens with one attached hydrogen (secondary N) is 1. The lowest BCUT2D eigenvalue weighted by Gasteiger charge is -2.44. The van der Waals surface area contributed by atoms with E-state index in [0.29, 0.717) is 41.3 Å². The summed E-state index contributed by atoms with van der Waals surface area (Å²) in [5, 5.41) is 31.0. The van der Waals surface area contributed by atoms with E-state index in [1.165, 1.54) is 23.7 Å². The molecule has 3 N–H and O–H groups in total. The van der Waals surface area contributed by atoms with E-state index in [2.05, 4.69) is 47.2 Å². The predicted octanol–water partition coefficient (Wildman–Crippen LogP) is 7.53. The number of ketones is 1. The Morgan fingerprint density at radius 3 is 2.61 bits per heavy atom. The Morgan fingerprint density at radius 2 is 1.82 bits per heavy atom. The molecule has 4 unspecified atom stereocenters. The predicted molar refractivity (Wildman–Crippen MR) is 176 cm³/mol. The van der Waals surface area contributed by atoms with Gasteiger partial charge in [0.05, 0.1) is 11.7 Å². The van der Waals surface area contributed by atoms with Crippen LogP contribution >= 0.6 is 11.8 Å². The van der Waals surface area contributed by atoms with Crippen LogP contribution in [0.15, 0.2) is 95.9 Å².